The van der Waals surface area contributed by atoms with Crippen LogP contribution in [0.1, 0.15) is 59.9 Å². The van der Waals surface area contributed by atoms with Gasteiger partial charge in [-0.3, -0.25) is 19.0 Å². The summed E-state index contributed by atoms with van der Waals surface area (Å²) in [6.07, 6.45) is 1.44. The molecule has 0 spiro atoms. The first-order chi connectivity index (χ1) is 22.6. The van der Waals surface area contributed by atoms with Crippen LogP contribution in [-0.2, 0) is 31.9 Å². The largest absolute Gasteiger partial charge is 0.496 e. The number of nitrogens with one attached hydrogen (secondary N) is 2. The van der Waals surface area contributed by atoms with Gasteiger partial charge in [0.25, 0.3) is 11.5 Å². The Kier molecular flexibility index (Phi) is 10.7. The van der Waals surface area contributed by atoms with Crippen LogP contribution in [0.25, 0.3) is 22.3 Å². The number of ether oxygens (including phenoxy) is 1. The molecule has 4 N–H and O–H groups in total. The van der Waals surface area contributed by atoms with Crippen molar-refractivity contribution in [2.24, 2.45) is 25.2 Å². The lowest BCUT2D eigenvalue weighted by atomic mass is 9.86. The van der Waals surface area contributed by atoms with E-state index in [0.29, 0.717) is 29.0 Å². The van der Waals surface area contributed by atoms with Crippen LogP contribution in [0.2, 0.25) is 0 Å². The predicted molar refractivity (Wildman–Crippen MR) is 185 cm³/mol. The summed E-state index contributed by atoms with van der Waals surface area (Å²) in [4.78, 5) is 49.6. The molecule has 1 heterocycles. The van der Waals surface area contributed by atoms with Crippen molar-refractivity contribution in [1.82, 2.24) is 19.7 Å². The van der Waals surface area contributed by atoms with Crippen molar-refractivity contribution in [1.29, 1.82) is 0 Å². The number of aromatic nitrogens is 3. The van der Waals surface area contributed by atoms with Crippen molar-refractivity contribution < 1.29 is 18.7 Å². The number of nitrogens with zero attached hydrogens (tertiary/aromatic N) is 3. The van der Waals surface area contributed by atoms with Gasteiger partial charge in [-0.2, -0.15) is 5.10 Å². The molecule has 3 aromatic carbocycles. The standard InChI is InChI=1S/C36H43FN6O5/c1-9-12-25-26(17-28(37)27(31(25)48-8)18-39-19-36(4,5)34(38)46)23-14-10-13-22(20(23)2)24-15-11-16-29(21(24)3)40-32(44)30-33(45)42(6)35(47)43(7)41-30/h10-11,13-17,39H,9,12,18-19H2,1-8H3,(H2,38,46)(H,40,44). The Morgan fingerprint density at radius 1 is 0.979 bits per heavy atom. The van der Waals surface area contributed by atoms with Gasteiger partial charge >= 0.3 is 5.69 Å². The lowest BCUT2D eigenvalue weighted by Gasteiger charge is -2.23. The highest BCUT2D eigenvalue weighted by molar-refractivity contribution is 6.03. The topological polar surface area (TPSA) is 150 Å². The quantitative estimate of drug-likeness (QED) is 0.204. The van der Waals surface area contributed by atoms with E-state index in [2.05, 4.69) is 15.7 Å². The van der Waals surface area contributed by atoms with Gasteiger partial charge < -0.3 is 21.1 Å². The fraction of sp³-hybridized carbons (Fsp3) is 0.361. The summed E-state index contributed by atoms with van der Waals surface area (Å²) in [7, 11) is 4.18. The van der Waals surface area contributed by atoms with Crippen molar-refractivity contribution in [3.63, 3.8) is 0 Å². The molecule has 48 heavy (non-hydrogen) atoms. The van der Waals surface area contributed by atoms with Crippen molar-refractivity contribution in [2.75, 3.05) is 19.0 Å². The molecule has 0 aliphatic carbocycles. The third-order valence-electron chi connectivity index (χ3n) is 8.70. The smallest absolute Gasteiger partial charge is 0.346 e. The van der Waals surface area contributed by atoms with E-state index in [1.807, 2.05) is 45.0 Å². The van der Waals surface area contributed by atoms with Crippen molar-refractivity contribution >= 4 is 17.5 Å². The van der Waals surface area contributed by atoms with E-state index in [-0.39, 0.29) is 13.1 Å². The zero-order valence-corrected chi connectivity index (χ0v) is 28.7. The number of methoxy groups -OCH3 is 1. The van der Waals surface area contributed by atoms with Crippen LogP contribution in [0.4, 0.5) is 10.1 Å². The monoisotopic (exact) mass is 658 g/mol. The van der Waals surface area contributed by atoms with Gasteiger partial charge in [-0.15, -0.1) is 0 Å². The lowest BCUT2D eigenvalue weighted by Crippen LogP contribution is -2.43. The van der Waals surface area contributed by atoms with Gasteiger partial charge in [-0.05, 0) is 79.6 Å². The number of halogens is 1. The third-order valence-corrected chi connectivity index (χ3v) is 8.70. The van der Waals surface area contributed by atoms with Gasteiger partial charge in [0, 0.05) is 44.0 Å². The molecular weight excluding hydrogens is 615 g/mol. The second kappa shape index (κ2) is 14.3. The van der Waals surface area contributed by atoms with Gasteiger partial charge in [-0.1, -0.05) is 43.7 Å². The number of carbonyl (C=O) groups excluding carboxylic acids is 2. The van der Waals surface area contributed by atoms with E-state index < -0.39 is 40.0 Å². The Morgan fingerprint density at radius 3 is 2.19 bits per heavy atom. The van der Waals surface area contributed by atoms with Crippen LogP contribution in [0.5, 0.6) is 5.75 Å². The van der Waals surface area contributed by atoms with Gasteiger partial charge in [0.2, 0.25) is 11.6 Å². The molecule has 1 aromatic heterocycles. The number of benzene rings is 3. The van der Waals surface area contributed by atoms with E-state index in [1.54, 1.807) is 32.0 Å². The van der Waals surface area contributed by atoms with E-state index in [0.717, 1.165) is 49.1 Å². The predicted octanol–water partition coefficient (Wildman–Crippen LogP) is 4.38. The molecule has 0 fully saturated rings. The van der Waals surface area contributed by atoms with Gasteiger partial charge in [0.05, 0.1) is 12.5 Å². The molecule has 4 rings (SSSR count). The fourth-order valence-electron chi connectivity index (χ4n) is 5.76. The molecule has 0 saturated carbocycles. The van der Waals surface area contributed by atoms with Gasteiger partial charge in [0.15, 0.2) is 0 Å². The van der Waals surface area contributed by atoms with Crippen LogP contribution < -0.4 is 32.4 Å². The molecule has 0 radical (unpaired) electrons. The average molecular weight is 659 g/mol. The highest BCUT2D eigenvalue weighted by Crippen LogP contribution is 2.41. The van der Waals surface area contributed by atoms with E-state index in [4.69, 9.17) is 10.5 Å². The van der Waals surface area contributed by atoms with Crippen LogP contribution in [0, 0.1) is 25.1 Å². The normalized spacial score (nSPS) is 11.4. The summed E-state index contributed by atoms with van der Waals surface area (Å²) >= 11 is 0. The highest BCUT2D eigenvalue weighted by atomic mass is 19.1. The minimum absolute atomic E-state index is 0.153. The molecule has 0 aliphatic heterocycles. The van der Waals surface area contributed by atoms with E-state index in [1.165, 1.54) is 21.2 Å². The highest BCUT2D eigenvalue weighted by Gasteiger charge is 2.26. The number of nitrogens with two attached hydrogens (primary N) is 1. The Labute approximate surface area is 278 Å². The number of carbonyl (C=O) groups is 2. The number of hydrogen-bond acceptors (Lipinski definition) is 7. The molecule has 0 aliphatic rings. The second-order valence-corrected chi connectivity index (χ2v) is 12.5. The first-order valence-electron chi connectivity index (χ1n) is 15.7. The molecule has 0 saturated heterocycles. The van der Waals surface area contributed by atoms with Gasteiger partial charge in [-0.25, -0.2) is 13.9 Å². The zero-order chi connectivity index (χ0) is 35.5. The average Bonchev–Trinajstić information content (AvgIpc) is 3.04. The summed E-state index contributed by atoms with van der Waals surface area (Å²) in [5.74, 6) is -1.17. The molecule has 12 heteroatoms. The fourth-order valence-corrected chi connectivity index (χ4v) is 5.76. The Hall–Kier alpha value is -5.10. The molecular formula is C36H43FN6O5. The SMILES string of the molecule is CCCc1c(-c2cccc(-c3cccc(NC(=O)c4nn(C)c(=O)n(C)c4=O)c3C)c2C)cc(F)c(CNCC(C)(C)C(N)=O)c1OC. The van der Waals surface area contributed by atoms with Crippen LogP contribution in [-0.4, -0.2) is 39.8 Å². The Balaban J connectivity index is 1.76. The summed E-state index contributed by atoms with van der Waals surface area (Å²) in [5, 5.41) is 9.82. The number of primary amides is 1. The first kappa shape index (κ1) is 35.7. The summed E-state index contributed by atoms with van der Waals surface area (Å²) in [6.45, 7) is 9.76. The Bertz CT molecular complexity index is 2010. The van der Waals surface area contributed by atoms with E-state index >= 15 is 4.39 Å². The van der Waals surface area contributed by atoms with Crippen molar-refractivity contribution in [3.05, 3.63) is 97.1 Å². The maximum Gasteiger partial charge on any atom is 0.346 e. The maximum atomic E-state index is 15.9. The number of anilines is 1. The number of hydrogen-bond donors (Lipinski definition) is 3. The molecule has 254 valence electrons. The van der Waals surface area contributed by atoms with Crippen LogP contribution >= 0.6 is 0 Å². The van der Waals surface area contributed by atoms with Crippen molar-refractivity contribution in [2.45, 2.75) is 54.0 Å². The first-order valence-corrected chi connectivity index (χ1v) is 15.7. The van der Waals surface area contributed by atoms with Gasteiger partial charge in [0.1, 0.15) is 11.6 Å². The number of aryl methyl sites for hydroxylation is 1. The molecule has 2 amide bonds. The molecule has 0 bridgehead atoms. The maximum absolute atomic E-state index is 15.9. The minimum Gasteiger partial charge on any atom is -0.496 e. The van der Waals surface area contributed by atoms with Crippen LogP contribution in [0.3, 0.4) is 0 Å². The molecule has 0 unspecified atom stereocenters. The minimum atomic E-state index is -0.805. The second-order valence-electron chi connectivity index (χ2n) is 12.5. The summed E-state index contributed by atoms with van der Waals surface area (Å²) in [6, 6.07) is 12.8. The number of amides is 2. The summed E-state index contributed by atoms with van der Waals surface area (Å²) in [5.41, 5.74) is 9.46. The molecule has 4 aromatic rings. The number of rotatable bonds is 12. The zero-order valence-electron chi connectivity index (χ0n) is 28.7. The van der Waals surface area contributed by atoms with E-state index in [9.17, 15) is 19.2 Å². The molecule has 11 nitrogen and oxygen atoms in total. The lowest BCUT2D eigenvalue weighted by molar-refractivity contribution is -0.125. The molecule has 0 atom stereocenters. The Morgan fingerprint density at radius 2 is 1.58 bits per heavy atom. The van der Waals surface area contributed by atoms with Crippen molar-refractivity contribution in [3.8, 4) is 28.0 Å². The third kappa shape index (κ3) is 6.93. The van der Waals surface area contributed by atoms with Crippen LogP contribution in [0.15, 0.2) is 52.1 Å². The summed E-state index contributed by atoms with van der Waals surface area (Å²) < 4.78 is 23.5.